The van der Waals surface area contributed by atoms with Gasteiger partial charge in [0.1, 0.15) is 4.90 Å². The fraction of sp³-hybridized carbons (Fsp3) is 0.400. The minimum atomic E-state index is -3.63. The molecule has 0 heterocycles. The Morgan fingerprint density at radius 1 is 1.53 bits per heavy atom. The first-order valence-electron chi connectivity index (χ1n) is 5.02. The Morgan fingerprint density at radius 3 is 2.76 bits per heavy atom. The van der Waals surface area contributed by atoms with E-state index in [1.807, 2.05) is 0 Å². The van der Waals surface area contributed by atoms with Crippen LogP contribution in [0.15, 0.2) is 27.6 Å². The summed E-state index contributed by atoms with van der Waals surface area (Å²) < 4.78 is 26.9. The molecule has 0 amide bonds. The van der Waals surface area contributed by atoms with Gasteiger partial charge >= 0.3 is 0 Å². The Labute approximate surface area is 109 Å². The zero-order valence-electron chi connectivity index (χ0n) is 9.35. The Kier molecular flexibility index (Phi) is 4.93. The van der Waals surface area contributed by atoms with Gasteiger partial charge in [-0.2, -0.15) is 0 Å². The van der Waals surface area contributed by atoms with E-state index in [1.165, 1.54) is 12.1 Å². The molecule has 0 fully saturated rings. The van der Waals surface area contributed by atoms with Crippen molar-refractivity contribution in [3.05, 3.63) is 22.7 Å². The highest BCUT2D eigenvalue weighted by atomic mass is 79.9. The third kappa shape index (κ3) is 3.95. The molecule has 0 saturated carbocycles. The summed E-state index contributed by atoms with van der Waals surface area (Å²) in [5, 5.41) is 8.83. The van der Waals surface area contributed by atoms with Gasteiger partial charge < -0.3 is 10.8 Å². The van der Waals surface area contributed by atoms with Gasteiger partial charge in [0.05, 0.1) is 5.69 Å². The molecule has 0 radical (unpaired) electrons. The van der Waals surface area contributed by atoms with E-state index in [4.69, 9.17) is 10.8 Å². The predicted molar refractivity (Wildman–Crippen MR) is 70.0 cm³/mol. The van der Waals surface area contributed by atoms with Gasteiger partial charge in [0.15, 0.2) is 0 Å². The monoisotopic (exact) mass is 322 g/mol. The maximum absolute atomic E-state index is 11.9. The third-order valence-electron chi connectivity index (χ3n) is 2.20. The summed E-state index contributed by atoms with van der Waals surface area (Å²) in [6, 6.07) is 4.64. The molecule has 0 aliphatic heterocycles. The van der Waals surface area contributed by atoms with Gasteiger partial charge in [-0.25, -0.2) is 13.1 Å². The number of nitrogen functional groups attached to an aromatic ring is 1. The molecule has 1 rings (SSSR count). The van der Waals surface area contributed by atoms with Crippen LogP contribution in [0, 0.1) is 5.92 Å². The van der Waals surface area contributed by atoms with Crippen LogP contribution in [0.1, 0.15) is 6.92 Å². The highest BCUT2D eigenvalue weighted by molar-refractivity contribution is 9.10. The molecular weight excluding hydrogens is 308 g/mol. The van der Waals surface area contributed by atoms with Gasteiger partial charge in [-0.05, 0) is 24.1 Å². The normalized spacial score (nSPS) is 13.6. The fourth-order valence-electron chi connectivity index (χ4n) is 1.14. The number of halogens is 1. The predicted octanol–water partition coefficient (Wildman–Crippen LogP) is 0.938. The van der Waals surface area contributed by atoms with Crippen LogP contribution in [-0.4, -0.2) is 26.7 Å². The number of nitrogens with two attached hydrogens (primary N) is 1. The molecule has 1 aromatic rings. The molecule has 0 bridgehead atoms. The van der Waals surface area contributed by atoms with E-state index in [9.17, 15) is 8.42 Å². The summed E-state index contributed by atoms with van der Waals surface area (Å²) in [5.41, 5.74) is 5.82. The van der Waals surface area contributed by atoms with Gasteiger partial charge in [-0.15, -0.1) is 0 Å². The molecule has 5 nitrogen and oxygen atoms in total. The number of hydrogen-bond acceptors (Lipinski definition) is 4. The van der Waals surface area contributed by atoms with Crippen molar-refractivity contribution >= 4 is 31.6 Å². The fourth-order valence-corrected chi connectivity index (χ4v) is 2.97. The lowest BCUT2D eigenvalue weighted by atomic mass is 10.2. The zero-order valence-corrected chi connectivity index (χ0v) is 11.8. The summed E-state index contributed by atoms with van der Waals surface area (Å²) >= 11 is 3.19. The quantitative estimate of drug-likeness (QED) is 0.703. The largest absolute Gasteiger partial charge is 0.398 e. The lowest BCUT2D eigenvalue weighted by Crippen LogP contribution is -2.30. The molecule has 1 atom stereocenters. The number of hydrogen-bond donors (Lipinski definition) is 3. The maximum Gasteiger partial charge on any atom is 0.242 e. The summed E-state index contributed by atoms with van der Waals surface area (Å²) in [6.07, 6.45) is 0. The minimum absolute atomic E-state index is 0.0389. The maximum atomic E-state index is 11.9. The first-order valence-corrected chi connectivity index (χ1v) is 7.30. The highest BCUT2D eigenvalue weighted by Gasteiger charge is 2.18. The van der Waals surface area contributed by atoms with Gasteiger partial charge in [0.2, 0.25) is 10.0 Å². The van der Waals surface area contributed by atoms with Crippen LogP contribution in [-0.2, 0) is 10.0 Å². The average molecular weight is 323 g/mol. The molecule has 0 aliphatic rings. The van der Waals surface area contributed by atoms with Gasteiger partial charge in [0, 0.05) is 17.6 Å². The third-order valence-corrected chi connectivity index (χ3v) is 4.17. The summed E-state index contributed by atoms with van der Waals surface area (Å²) in [4.78, 5) is 0.0389. The second-order valence-electron chi connectivity index (χ2n) is 3.82. The number of sulfonamides is 1. The summed E-state index contributed by atoms with van der Waals surface area (Å²) in [5.74, 6) is -0.141. The second kappa shape index (κ2) is 5.81. The minimum Gasteiger partial charge on any atom is -0.398 e. The van der Waals surface area contributed by atoms with Crippen molar-refractivity contribution in [2.45, 2.75) is 11.8 Å². The van der Waals surface area contributed by atoms with Crippen LogP contribution in [0.5, 0.6) is 0 Å². The van der Waals surface area contributed by atoms with Crippen LogP contribution in [0.4, 0.5) is 5.69 Å². The van der Waals surface area contributed by atoms with Crippen molar-refractivity contribution in [3.8, 4) is 0 Å². The van der Waals surface area contributed by atoms with Gasteiger partial charge in [-0.3, -0.25) is 0 Å². The number of rotatable bonds is 5. The lowest BCUT2D eigenvalue weighted by molar-refractivity contribution is 0.238. The molecule has 0 saturated heterocycles. The second-order valence-corrected chi connectivity index (χ2v) is 6.47. The molecule has 0 spiro atoms. The van der Waals surface area contributed by atoms with Crippen LogP contribution in [0.3, 0.4) is 0 Å². The van der Waals surface area contributed by atoms with Crippen molar-refractivity contribution in [1.29, 1.82) is 0 Å². The zero-order chi connectivity index (χ0) is 13.1. The van der Waals surface area contributed by atoms with Crippen molar-refractivity contribution in [1.82, 2.24) is 4.72 Å². The van der Waals surface area contributed by atoms with Crippen LogP contribution >= 0.6 is 15.9 Å². The molecule has 0 aromatic heterocycles. The Balaban J connectivity index is 2.93. The number of anilines is 1. The summed E-state index contributed by atoms with van der Waals surface area (Å²) in [7, 11) is -3.63. The van der Waals surface area contributed by atoms with Gasteiger partial charge in [-0.1, -0.05) is 22.9 Å². The Hall–Kier alpha value is -0.630. The molecule has 1 aromatic carbocycles. The first-order chi connectivity index (χ1) is 7.86. The summed E-state index contributed by atoms with van der Waals surface area (Å²) in [6.45, 7) is 1.84. The first kappa shape index (κ1) is 14.4. The lowest BCUT2D eigenvalue weighted by Gasteiger charge is -2.12. The van der Waals surface area contributed by atoms with Gasteiger partial charge in [0.25, 0.3) is 0 Å². The highest BCUT2D eigenvalue weighted by Crippen LogP contribution is 2.22. The molecule has 17 heavy (non-hydrogen) atoms. The molecule has 4 N–H and O–H groups in total. The SMILES string of the molecule is CC(CO)CNS(=O)(=O)c1cc(Br)ccc1N. The van der Waals surface area contributed by atoms with E-state index < -0.39 is 10.0 Å². The van der Waals surface area contributed by atoms with E-state index in [2.05, 4.69) is 20.7 Å². The van der Waals surface area contributed by atoms with Crippen molar-refractivity contribution in [3.63, 3.8) is 0 Å². The topological polar surface area (TPSA) is 92.4 Å². The van der Waals surface area contributed by atoms with Crippen molar-refractivity contribution in [2.24, 2.45) is 5.92 Å². The Bertz CT molecular complexity index is 490. The van der Waals surface area contributed by atoms with E-state index in [-0.39, 0.29) is 29.7 Å². The molecule has 1 unspecified atom stereocenters. The van der Waals surface area contributed by atoms with Crippen molar-refractivity contribution in [2.75, 3.05) is 18.9 Å². The molecule has 96 valence electrons. The van der Waals surface area contributed by atoms with Crippen LogP contribution < -0.4 is 10.5 Å². The van der Waals surface area contributed by atoms with Crippen molar-refractivity contribution < 1.29 is 13.5 Å². The van der Waals surface area contributed by atoms with Crippen LogP contribution in [0.2, 0.25) is 0 Å². The number of nitrogens with one attached hydrogen (secondary N) is 1. The van der Waals surface area contributed by atoms with E-state index in [0.29, 0.717) is 4.47 Å². The Morgan fingerprint density at radius 2 is 2.18 bits per heavy atom. The average Bonchev–Trinajstić information content (AvgIpc) is 2.29. The standard InChI is InChI=1S/C10H15BrN2O3S/c1-7(6-14)5-13-17(15,16)10-4-8(11)2-3-9(10)12/h2-4,7,13-14H,5-6,12H2,1H3. The smallest absolute Gasteiger partial charge is 0.242 e. The number of benzene rings is 1. The van der Waals surface area contributed by atoms with Crippen LogP contribution in [0.25, 0.3) is 0 Å². The molecule has 7 heteroatoms. The van der Waals surface area contributed by atoms with E-state index in [1.54, 1.807) is 13.0 Å². The molecular formula is C10H15BrN2O3S. The van der Waals surface area contributed by atoms with E-state index in [0.717, 1.165) is 0 Å². The number of aliphatic hydroxyl groups is 1. The molecule has 0 aliphatic carbocycles. The number of aliphatic hydroxyl groups excluding tert-OH is 1. The van der Waals surface area contributed by atoms with E-state index >= 15 is 0 Å².